The number of ether oxygens (including phenoxy) is 2. The number of rotatable bonds is 8. The van der Waals surface area contributed by atoms with Crippen LogP contribution in [0.1, 0.15) is 17.5 Å². The van der Waals surface area contributed by atoms with Crippen molar-refractivity contribution < 1.29 is 19.1 Å². The third-order valence-corrected chi connectivity index (χ3v) is 4.29. The van der Waals surface area contributed by atoms with Crippen molar-refractivity contribution in [2.24, 2.45) is 0 Å². The summed E-state index contributed by atoms with van der Waals surface area (Å²) >= 11 is 5.97. The van der Waals surface area contributed by atoms with E-state index >= 15 is 0 Å². The van der Waals surface area contributed by atoms with Gasteiger partial charge in [-0.3, -0.25) is 4.79 Å². The highest BCUT2D eigenvalue weighted by atomic mass is 35.5. The molecule has 0 aromatic heterocycles. The number of halogens is 1. The van der Waals surface area contributed by atoms with Crippen LogP contribution in [0.3, 0.4) is 0 Å². The SMILES string of the molecule is Cc1ccc(OCC(=O)OCC(=O)N(CCC#N)c2cccc(Cl)c2)cc1C. The quantitative estimate of drug-likeness (QED) is 0.629. The molecule has 0 unspecified atom stereocenters. The molecule has 0 fully saturated rings. The predicted octanol–water partition coefficient (Wildman–Crippen LogP) is 3.83. The summed E-state index contributed by atoms with van der Waals surface area (Å²) in [6.07, 6.45) is 0.141. The van der Waals surface area contributed by atoms with Gasteiger partial charge in [-0.15, -0.1) is 0 Å². The van der Waals surface area contributed by atoms with Gasteiger partial charge in [-0.25, -0.2) is 4.79 Å². The van der Waals surface area contributed by atoms with Crippen LogP contribution in [0.2, 0.25) is 5.02 Å². The highest BCUT2D eigenvalue weighted by Crippen LogP contribution is 2.20. The van der Waals surface area contributed by atoms with Gasteiger partial charge in [0, 0.05) is 17.3 Å². The van der Waals surface area contributed by atoms with E-state index in [1.165, 1.54) is 4.90 Å². The molecule has 0 aliphatic heterocycles. The Morgan fingerprint density at radius 2 is 1.89 bits per heavy atom. The Kier molecular flexibility index (Phi) is 7.85. The minimum atomic E-state index is -0.655. The van der Waals surface area contributed by atoms with E-state index in [4.69, 9.17) is 26.3 Å². The summed E-state index contributed by atoms with van der Waals surface area (Å²) in [6, 6.07) is 14.2. The molecule has 0 aliphatic carbocycles. The van der Waals surface area contributed by atoms with Gasteiger partial charge < -0.3 is 14.4 Å². The van der Waals surface area contributed by atoms with Gasteiger partial charge in [-0.2, -0.15) is 5.26 Å². The smallest absolute Gasteiger partial charge is 0.344 e. The van der Waals surface area contributed by atoms with Crippen LogP contribution < -0.4 is 9.64 Å². The molecule has 0 atom stereocenters. The molecule has 0 heterocycles. The second kappa shape index (κ2) is 10.3. The molecule has 0 saturated heterocycles. The van der Waals surface area contributed by atoms with E-state index < -0.39 is 18.5 Å². The molecule has 0 saturated carbocycles. The predicted molar refractivity (Wildman–Crippen MR) is 106 cm³/mol. The van der Waals surface area contributed by atoms with Crippen molar-refractivity contribution in [3.8, 4) is 11.8 Å². The molecular weight excluding hydrogens is 380 g/mol. The van der Waals surface area contributed by atoms with Crippen molar-refractivity contribution in [3.63, 3.8) is 0 Å². The number of amides is 1. The summed E-state index contributed by atoms with van der Waals surface area (Å²) in [7, 11) is 0. The molecule has 6 nitrogen and oxygen atoms in total. The molecule has 0 N–H and O–H groups in total. The fourth-order valence-corrected chi connectivity index (χ4v) is 2.60. The summed E-state index contributed by atoms with van der Waals surface area (Å²) < 4.78 is 10.4. The van der Waals surface area contributed by atoms with Gasteiger partial charge in [0.15, 0.2) is 13.2 Å². The summed E-state index contributed by atoms with van der Waals surface area (Å²) in [4.78, 5) is 25.8. The number of benzene rings is 2. The lowest BCUT2D eigenvalue weighted by molar-refractivity contribution is -0.149. The van der Waals surface area contributed by atoms with Gasteiger partial charge >= 0.3 is 5.97 Å². The van der Waals surface area contributed by atoms with E-state index in [2.05, 4.69) is 0 Å². The number of hydrogen-bond donors (Lipinski definition) is 0. The number of carbonyl (C=O) groups is 2. The topological polar surface area (TPSA) is 79.6 Å². The number of nitrogens with zero attached hydrogens (tertiary/aromatic N) is 2. The average molecular weight is 401 g/mol. The van der Waals surface area contributed by atoms with Crippen molar-refractivity contribution in [1.82, 2.24) is 0 Å². The molecule has 2 rings (SSSR count). The van der Waals surface area contributed by atoms with Crippen LogP contribution in [0.4, 0.5) is 5.69 Å². The first-order chi connectivity index (χ1) is 13.4. The molecule has 2 aromatic carbocycles. The van der Waals surface area contributed by atoms with Gasteiger partial charge in [0.05, 0.1) is 12.5 Å². The Morgan fingerprint density at radius 3 is 2.57 bits per heavy atom. The van der Waals surface area contributed by atoms with E-state index in [-0.39, 0.29) is 19.6 Å². The molecule has 2 aromatic rings. The van der Waals surface area contributed by atoms with E-state index in [1.807, 2.05) is 32.0 Å². The molecule has 146 valence electrons. The fraction of sp³-hybridized carbons (Fsp3) is 0.286. The summed E-state index contributed by atoms with van der Waals surface area (Å²) in [6.45, 7) is 3.35. The van der Waals surface area contributed by atoms with Crippen LogP contribution in [-0.2, 0) is 14.3 Å². The molecule has 0 bridgehead atoms. The normalized spacial score (nSPS) is 10.1. The molecule has 0 radical (unpaired) electrons. The molecule has 1 amide bonds. The molecular formula is C21H21ClN2O4. The fourth-order valence-electron chi connectivity index (χ4n) is 2.41. The lowest BCUT2D eigenvalue weighted by atomic mass is 10.1. The van der Waals surface area contributed by atoms with Crippen LogP contribution in [0, 0.1) is 25.2 Å². The van der Waals surface area contributed by atoms with E-state index in [1.54, 1.807) is 30.3 Å². The van der Waals surface area contributed by atoms with Crippen molar-refractivity contribution in [3.05, 3.63) is 58.6 Å². The largest absolute Gasteiger partial charge is 0.482 e. The van der Waals surface area contributed by atoms with Gasteiger partial charge in [-0.1, -0.05) is 23.7 Å². The maximum atomic E-state index is 12.5. The number of anilines is 1. The van der Waals surface area contributed by atoms with Crippen molar-refractivity contribution in [2.45, 2.75) is 20.3 Å². The number of esters is 1. The van der Waals surface area contributed by atoms with Crippen LogP contribution in [0.5, 0.6) is 5.75 Å². The monoisotopic (exact) mass is 400 g/mol. The van der Waals surface area contributed by atoms with E-state index in [0.29, 0.717) is 16.5 Å². The lowest BCUT2D eigenvalue weighted by Crippen LogP contribution is -2.36. The van der Waals surface area contributed by atoms with Gasteiger partial charge in [0.2, 0.25) is 0 Å². The summed E-state index contributed by atoms with van der Waals surface area (Å²) in [5, 5.41) is 9.28. The second-order valence-electron chi connectivity index (χ2n) is 6.13. The minimum absolute atomic E-state index is 0.141. The van der Waals surface area contributed by atoms with Gasteiger partial charge in [0.25, 0.3) is 5.91 Å². The van der Waals surface area contributed by atoms with E-state index in [9.17, 15) is 9.59 Å². The van der Waals surface area contributed by atoms with E-state index in [0.717, 1.165) is 11.1 Å². The second-order valence-corrected chi connectivity index (χ2v) is 6.57. The molecule has 0 aliphatic rings. The number of aryl methyl sites for hydroxylation is 2. The molecule has 28 heavy (non-hydrogen) atoms. The van der Waals surface area contributed by atoms with Crippen LogP contribution in [-0.4, -0.2) is 31.6 Å². The summed E-state index contributed by atoms with van der Waals surface area (Å²) in [5.41, 5.74) is 2.71. The number of nitriles is 1. The zero-order valence-electron chi connectivity index (χ0n) is 15.8. The third kappa shape index (κ3) is 6.29. The first-order valence-corrected chi connectivity index (χ1v) is 9.07. The highest BCUT2D eigenvalue weighted by molar-refractivity contribution is 6.30. The number of hydrogen-bond acceptors (Lipinski definition) is 5. The Balaban J connectivity index is 1.91. The lowest BCUT2D eigenvalue weighted by Gasteiger charge is -2.21. The number of carbonyl (C=O) groups excluding carboxylic acids is 2. The zero-order valence-corrected chi connectivity index (χ0v) is 16.5. The van der Waals surface area contributed by atoms with Gasteiger partial charge in [-0.05, 0) is 55.3 Å². The van der Waals surface area contributed by atoms with Crippen molar-refractivity contribution in [2.75, 3.05) is 24.7 Å². The first-order valence-electron chi connectivity index (χ1n) is 8.69. The first kappa shape index (κ1) is 21.3. The van der Waals surface area contributed by atoms with Gasteiger partial charge in [0.1, 0.15) is 5.75 Å². The molecule has 7 heteroatoms. The highest BCUT2D eigenvalue weighted by Gasteiger charge is 2.18. The van der Waals surface area contributed by atoms with Crippen molar-refractivity contribution >= 4 is 29.2 Å². The standard InChI is InChI=1S/C21H21ClN2O4/c1-15-7-8-19(11-16(15)2)27-14-21(26)28-13-20(25)24(10-4-9-23)18-6-3-5-17(22)12-18/h3,5-8,11-12H,4,10,13-14H2,1-2H3. The maximum Gasteiger partial charge on any atom is 0.344 e. The Morgan fingerprint density at radius 1 is 1.11 bits per heavy atom. The Bertz CT molecular complexity index is 892. The third-order valence-electron chi connectivity index (χ3n) is 4.06. The average Bonchev–Trinajstić information content (AvgIpc) is 2.67. The maximum absolute atomic E-state index is 12.5. The summed E-state index contributed by atoms with van der Waals surface area (Å²) in [5.74, 6) is -0.545. The minimum Gasteiger partial charge on any atom is -0.482 e. The molecule has 0 spiro atoms. The van der Waals surface area contributed by atoms with Crippen LogP contribution in [0.15, 0.2) is 42.5 Å². The van der Waals surface area contributed by atoms with Crippen LogP contribution >= 0.6 is 11.6 Å². The Labute approximate surface area is 169 Å². The zero-order chi connectivity index (χ0) is 20.5. The van der Waals surface area contributed by atoms with Crippen molar-refractivity contribution in [1.29, 1.82) is 5.26 Å². The Hall–Kier alpha value is -3.04. The van der Waals surface area contributed by atoms with Crippen LogP contribution in [0.25, 0.3) is 0 Å².